The van der Waals surface area contributed by atoms with Crippen molar-refractivity contribution in [2.75, 3.05) is 12.3 Å². The van der Waals surface area contributed by atoms with Crippen LogP contribution in [0.1, 0.15) is 29.5 Å². The smallest absolute Gasteiger partial charge is 0.312 e. The highest BCUT2D eigenvalue weighted by Crippen LogP contribution is 2.19. The number of nitriles is 1. The summed E-state index contributed by atoms with van der Waals surface area (Å²) < 4.78 is 11.0. The molecule has 0 bridgehead atoms. The highest BCUT2D eigenvalue weighted by molar-refractivity contribution is 5.77. The third kappa shape index (κ3) is 5.32. The Balaban J connectivity index is 1.73. The number of anilines is 1. The summed E-state index contributed by atoms with van der Waals surface area (Å²) in [6.45, 7) is 2.30. The van der Waals surface area contributed by atoms with E-state index < -0.39 is 0 Å². The zero-order valence-corrected chi connectivity index (χ0v) is 16.0. The Morgan fingerprint density at radius 2 is 1.93 bits per heavy atom. The van der Waals surface area contributed by atoms with Crippen molar-refractivity contribution in [1.29, 1.82) is 5.26 Å². The molecule has 3 rings (SSSR count). The second kappa shape index (κ2) is 9.37. The average Bonchev–Trinajstić information content (AvgIpc) is 3.16. The Bertz CT molecular complexity index is 1010. The van der Waals surface area contributed by atoms with Crippen LogP contribution in [0.5, 0.6) is 5.75 Å². The van der Waals surface area contributed by atoms with Gasteiger partial charge in [0.2, 0.25) is 5.89 Å². The van der Waals surface area contributed by atoms with Gasteiger partial charge in [-0.25, -0.2) is 0 Å². The van der Waals surface area contributed by atoms with Crippen LogP contribution >= 0.6 is 0 Å². The minimum atomic E-state index is -0.239. The predicted octanol–water partition coefficient (Wildman–Crippen LogP) is 2.69. The molecular formula is C21H21N5O3. The number of ether oxygens (including phenoxy) is 1. The summed E-state index contributed by atoms with van der Waals surface area (Å²) in [6, 6.07) is 16.6. The number of carbonyl (C=O) groups is 1. The van der Waals surface area contributed by atoms with Crippen molar-refractivity contribution in [2.24, 2.45) is 0 Å². The van der Waals surface area contributed by atoms with Gasteiger partial charge in [-0.1, -0.05) is 42.4 Å². The molecule has 8 nitrogen and oxygen atoms in total. The number of nitrogens with zero attached hydrogens (tertiary/aromatic N) is 4. The number of rotatable bonds is 8. The van der Waals surface area contributed by atoms with Crippen LogP contribution in [0.25, 0.3) is 0 Å². The van der Waals surface area contributed by atoms with E-state index in [4.69, 9.17) is 20.1 Å². The summed E-state index contributed by atoms with van der Waals surface area (Å²) in [6.07, 6.45) is 0.806. The van der Waals surface area contributed by atoms with Crippen molar-refractivity contribution in [3.05, 3.63) is 71.1 Å². The average molecular weight is 391 g/mol. The van der Waals surface area contributed by atoms with E-state index in [1.807, 2.05) is 31.2 Å². The lowest BCUT2D eigenvalue weighted by Gasteiger charge is -2.22. The molecule has 0 aliphatic carbocycles. The number of carbonyl (C=O) groups excluding carboxylic acids is 1. The molecule has 29 heavy (non-hydrogen) atoms. The Morgan fingerprint density at radius 1 is 1.17 bits per heavy atom. The number of hydrogen-bond donors (Lipinski definition) is 1. The molecule has 0 spiro atoms. The van der Waals surface area contributed by atoms with Crippen molar-refractivity contribution in [1.82, 2.24) is 15.1 Å². The zero-order chi connectivity index (χ0) is 20.6. The third-order valence-electron chi connectivity index (χ3n) is 4.32. The monoisotopic (exact) mass is 391 g/mol. The van der Waals surface area contributed by atoms with E-state index in [1.165, 1.54) is 0 Å². The van der Waals surface area contributed by atoms with Crippen molar-refractivity contribution >= 4 is 11.9 Å². The quantitative estimate of drug-likeness (QED) is 0.627. The van der Waals surface area contributed by atoms with E-state index in [1.54, 1.807) is 29.2 Å². The van der Waals surface area contributed by atoms with E-state index in [0.29, 0.717) is 17.9 Å². The number of benzene rings is 2. The number of nitrogens with two attached hydrogens (primary N) is 1. The van der Waals surface area contributed by atoms with E-state index in [9.17, 15) is 4.79 Å². The maximum Gasteiger partial charge on any atom is 0.312 e. The van der Waals surface area contributed by atoms with Crippen LogP contribution in [0.3, 0.4) is 0 Å². The van der Waals surface area contributed by atoms with Gasteiger partial charge < -0.3 is 19.8 Å². The third-order valence-corrected chi connectivity index (χ3v) is 4.32. The van der Waals surface area contributed by atoms with Crippen LogP contribution in [0.2, 0.25) is 0 Å². The fraction of sp³-hybridized carbons (Fsp3) is 0.238. The topological polar surface area (TPSA) is 118 Å². The molecule has 1 amide bonds. The van der Waals surface area contributed by atoms with Crippen molar-refractivity contribution in [3.63, 3.8) is 0 Å². The van der Waals surface area contributed by atoms with Crippen LogP contribution in [0.4, 0.5) is 6.01 Å². The maximum absolute atomic E-state index is 12.9. The second-order valence-corrected chi connectivity index (χ2v) is 6.34. The van der Waals surface area contributed by atoms with Crippen molar-refractivity contribution in [3.8, 4) is 11.8 Å². The molecule has 2 N–H and O–H groups in total. The summed E-state index contributed by atoms with van der Waals surface area (Å²) in [5.74, 6) is 0.680. The minimum Gasteiger partial charge on any atom is -0.483 e. The summed E-state index contributed by atoms with van der Waals surface area (Å²) in [5, 5.41) is 16.4. The minimum absolute atomic E-state index is 0.0566. The van der Waals surface area contributed by atoms with Crippen LogP contribution < -0.4 is 10.5 Å². The molecule has 0 aliphatic rings. The zero-order valence-electron chi connectivity index (χ0n) is 16.0. The number of hydrogen-bond acceptors (Lipinski definition) is 7. The van der Waals surface area contributed by atoms with Crippen LogP contribution in [0, 0.1) is 11.3 Å². The van der Waals surface area contributed by atoms with E-state index in [-0.39, 0.29) is 31.0 Å². The molecule has 0 aliphatic heterocycles. The Kier molecular flexibility index (Phi) is 6.43. The first-order valence-electron chi connectivity index (χ1n) is 9.14. The van der Waals surface area contributed by atoms with Gasteiger partial charge in [0.05, 0.1) is 18.2 Å². The van der Waals surface area contributed by atoms with Crippen LogP contribution in [-0.2, 0) is 24.3 Å². The van der Waals surface area contributed by atoms with Gasteiger partial charge in [-0.3, -0.25) is 4.79 Å². The molecule has 0 radical (unpaired) electrons. The highest BCUT2D eigenvalue weighted by atomic mass is 16.5. The SMILES string of the molecule is CCc1ccccc1OCC(=O)N(Cc1ccc(C#N)cc1)Cc1nnc(N)o1. The Labute approximate surface area is 168 Å². The Hall–Kier alpha value is -3.86. The normalized spacial score (nSPS) is 10.3. The van der Waals surface area contributed by atoms with Crippen LogP contribution in [0.15, 0.2) is 52.9 Å². The van der Waals surface area contributed by atoms with E-state index in [0.717, 1.165) is 17.5 Å². The van der Waals surface area contributed by atoms with Gasteiger partial charge in [0.1, 0.15) is 5.75 Å². The van der Waals surface area contributed by atoms with Gasteiger partial charge in [0.25, 0.3) is 5.91 Å². The lowest BCUT2D eigenvalue weighted by atomic mass is 10.1. The summed E-state index contributed by atoms with van der Waals surface area (Å²) in [7, 11) is 0. The molecule has 3 aromatic rings. The first-order valence-corrected chi connectivity index (χ1v) is 9.14. The van der Waals surface area contributed by atoms with Gasteiger partial charge in [0.15, 0.2) is 6.61 Å². The largest absolute Gasteiger partial charge is 0.483 e. The summed E-state index contributed by atoms with van der Waals surface area (Å²) >= 11 is 0. The Morgan fingerprint density at radius 3 is 2.59 bits per heavy atom. The molecule has 8 heteroatoms. The molecule has 1 heterocycles. The molecule has 1 aromatic heterocycles. The van der Waals surface area contributed by atoms with Gasteiger partial charge in [-0.2, -0.15) is 5.26 Å². The van der Waals surface area contributed by atoms with Gasteiger partial charge in [0, 0.05) is 6.54 Å². The molecule has 0 saturated carbocycles. The van der Waals surface area contributed by atoms with Crippen molar-refractivity contribution in [2.45, 2.75) is 26.4 Å². The molecule has 0 fully saturated rings. The number of aryl methyl sites for hydroxylation is 1. The number of amides is 1. The second-order valence-electron chi connectivity index (χ2n) is 6.34. The summed E-state index contributed by atoms with van der Waals surface area (Å²) in [4.78, 5) is 14.4. The number of aromatic nitrogens is 2. The molecule has 0 atom stereocenters. The maximum atomic E-state index is 12.9. The van der Waals surface area contributed by atoms with Crippen LogP contribution in [-0.4, -0.2) is 27.6 Å². The fourth-order valence-corrected chi connectivity index (χ4v) is 2.80. The number of para-hydroxylation sites is 1. The van der Waals surface area contributed by atoms with Gasteiger partial charge in [-0.15, -0.1) is 5.10 Å². The standard InChI is InChI=1S/C21H21N5O3/c1-2-17-5-3-4-6-18(17)28-14-20(27)26(13-19-24-25-21(23)29-19)12-16-9-7-15(11-22)8-10-16/h3-10H,2,12-14H2,1H3,(H2,23,25). The first kappa shape index (κ1) is 19.9. The molecular weight excluding hydrogens is 370 g/mol. The molecule has 148 valence electrons. The van der Waals surface area contributed by atoms with E-state index in [2.05, 4.69) is 16.3 Å². The van der Waals surface area contributed by atoms with Gasteiger partial charge in [-0.05, 0) is 35.7 Å². The summed E-state index contributed by atoms with van der Waals surface area (Å²) in [5.41, 5.74) is 7.93. The fourth-order valence-electron chi connectivity index (χ4n) is 2.80. The lowest BCUT2D eigenvalue weighted by Crippen LogP contribution is -2.34. The first-order chi connectivity index (χ1) is 14.1. The molecule has 2 aromatic carbocycles. The van der Waals surface area contributed by atoms with E-state index >= 15 is 0 Å². The molecule has 0 unspecified atom stereocenters. The van der Waals surface area contributed by atoms with Crippen molar-refractivity contribution < 1.29 is 13.9 Å². The lowest BCUT2D eigenvalue weighted by molar-refractivity contribution is -0.135. The highest BCUT2D eigenvalue weighted by Gasteiger charge is 2.19. The molecule has 0 saturated heterocycles. The van der Waals surface area contributed by atoms with Gasteiger partial charge >= 0.3 is 6.01 Å². The number of nitrogen functional groups attached to an aromatic ring is 1. The predicted molar refractivity (Wildman–Crippen MR) is 105 cm³/mol.